The van der Waals surface area contributed by atoms with E-state index < -0.39 is 10.0 Å². The largest absolute Gasteiger partial charge is 0.497 e. The fourth-order valence-electron chi connectivity index (χ4n) is 2.38. The van der Waals surface area contributed by atoms with Crippen LogP contribution in [0.1, 0.15) is 12.5 Å². The molecule has 0 bridgehead atoms. The first-order valence-corrected chi connectivity index (χ1v) is 9.40. The van der Waals surface area contributed by atoms with Crippen molar-refractivity contribution < 1.29 is 22.6 Å². The molecule has 0 fully saturated rings. The van der Waals surface area contributed by atoms with Crippen LogP contribution in [0.3, 0.4) is 0 Å². The summed E-state index contributed by atoms with van der Waals surface area (Å²) in [4.78, 5) is 0. The summed E-state index contributed by atoms with van der Waals surface area (Å²) in [5.74, 6) is 1.89. The molecule has 0 unspecified atom stereocenters. The molecule has 0 atom stereocenters. The molecule has 0 heterocycles. The standard InChI is InChI=1S/C18H23NO5S/c1-5-25(20,21)19(15-6-8-16(22-2)9-7-15)13-14-10-17(23-3)12-18(11-14)24-4/h6-12H,5,13H2,1-4H3. The molecule has 0 aliphatic heterocycles. The van der Waals surface area contributed by atoms with Gasteiger partial charge in [0.25, 0.3) is 0 Å². The SMILES string of the molecule is CCS(=O)(=O)N(Cc1cc(OC)cc(OC)c1)c1ccc(OC)cc1. The van der Waals surface area contributed by atoms with Crippen LogP contribution in [0.4, 0.5) is 5.69 Å². The van der Waals surface area contributed by atoms with Crippen LogP contribution in [-0.2, 0) is 16.6 Å². The summed E-state index contributed by atoms with van der Waals surface area (Å²) in [6.45, 7) is 1.80. The minimum Gasteiger partial charge on any atom is -0.497 e. The van der Waals surface area contributed by atoms with Crippen molar-refractivity contribution >= 4 is 15.7 Å². The Balaban J connectivity index is 2.43. The monoisotopic (exact) mass is 365 g/mol. The molecule has 0 aromatic heterocycles. The average Bonchev–Trinajstić information content (AvgIpc) is 2.65. The number of methoxy groups -OCH3 is 3. The van der Waals surface area contributed by atoms with Crippen LogP contribution < -0.4 is 18.5 Å². The van der Waals surface area contributed by atoms with Gasteiger partial charge in [0.2, 0.25) is 10.0 Å². The third kappa shape index (κ3) is 4.57. The zero-order valence-electron chi connectivity index (χ0n) is 14.9. The summed E-state index contributed by atoms with van der Waals surface area (Å²) in [7, 11) is 1.22. The summed E-state index contributed by atoms with van der Waals surface area (Å²) in [6.07, 6.45) is 0. The Hall–Kier alpha value is -2.41. The maximum Gasteiger partial charge on any atom is 0.235 e. The smallest absolute Gasteiger partial charge is 0.235 e. The Morgan fingerprint density at radius 3 is 1.80 bits per heavy atom. The van der Waals surface area contributed by atoms with E-state index in [0.717, 1.165) is 5.56 Å². The maximum atomic E-state index is 12.6. The minimum atomic E-state index is -3.46. The number of hydrogen-bond donors (Lipinski definition) is 0. The zero-order valence-corrected chi connectivity index (χ0v) is 15.7. The number of anilines is 1. The molecule has 0 amide bonds. The van der Waals surface area contributed by atoms with Crippen LogP contribution in [0.25, 0.3) is 0 Å². The van der Waals surface area contributed by atoms with Crippen LogP contribution in [0.2, 0.25) is 0 Å². The van der Waals surface area contributed by atoms with E-state index in [4.69, 9.17) is 14.2 Å². The number of sulfonamides is 1. The summed E-state index contributed by atoms with van der Waals surface area (Å²) >= 11 is 0. The van der Waals surface area contributed by atoms with Crippen molar-refractivity contribution in [1.82, 2.24) is 0 Å². The molecule has 7 heteroatoms. The Labute approximate surface area is 149 Å². The summed E-state index contributed by atoms with van der Waals surface area (Å²) < 4.78 is 42.2. The van der Waals surface area contributed by atoms with Crippen molar-refractivity contribution in [3.63, 3.8) is 0 Å². The third-order valence-electron chi connectivity index (χ3n) is 3.80. The molecule has 0 radical (unpaired) electrons. The second-order valence-corrected chi connectivity index (χ2v) is 7.51. The lowest BCUT2D eigenvalue weighted by molar-refractivity contribution is 0.393. The van der Waals surface area contributed by atoms with E-state index in [9.17, 15) is 8.42 Å². The van der Waals surface area contributed by atoms with Gasteiger partial charge in [-0.3, -0.25) is 4.31 Å². The molecule has 136 valence electrons. The van der Waals surface area contributed by atoms with Crippen molar-refractivity contribution in [2.45, 2.75) is 13.5 Å². The first-order chi connectivity index (χ1) is 11.9. The lowest BCUT2D eigenvalue weighted by Gasteiger charge is -2.24. The highest BCUT2D eigenvalue weighted by Crippen LogP contribution is 2.28. The fourth-order valence-corrected chi connectivity index (χ4v) is 3.48. The molecule has 0 saturated carbocycles. The predicted molar refractivity (Wildman–Crippen MR) is 98.2 cm³/mol. The lowest BCUT2D eigenvalue weighted by Crippen LogP contribution is -2.31. The molecule has 0 N–H and O–H groups in total. The van der Waals surface area contributed by atoms with E-state index in [1.54, 1.807) is 70.7 Å². The highest BCUT2D eigenvalue weighted by Gasteiger charge is 2.21. The van der Waals surface area contributed by atoms with Crippen molar-refractivity contribution in [2.24, 2.45) is 0 Å². The van der Waals surface area contributed by atoms with Gasteiger partial charge in [0.15, 0.2) is 0 Å². The molecule has 0 saturated heterocycles. The van der Waals surface area contributed by atoms with Gasteiger partial charge < -0.3 is 14.2 Å². The van der Waals surface area contributed by atoms with E-state index in [2.05, 4.69) is 0 Å². The molecule has 0 aliphatic carbocycles. The van der Waals surface area contributed by atoms with Crippen LogP contribution in [0.15, 0.2) is 42.5 Å². The molecule has 6 nitrogen and oxygen atoms in total. The van der Waals surface area contributed by atoms with Gasteiger partial charge in [-0.25, -0.2) is 8.42 Å². The van der Waals surface area contributed by atoms with Crippen molar-refractivity contribution in [3.8, 4) is 17.2 Å². The molecule has 25 heavy (non-hydrogen) atoms. The second-order valence-electron chi connectivity index (χ2n) is 5.33. The van der Waals surface area contributed by atoms with Gasteiger partial charge in [-0.15, -0.1) is 0 Å². The number of benzene rings is 2. The van der Waals surface area contributed by atoms with E-state index in [0.29, 0.717) is 22.9 Å². The normalized spacial score (nSPS) is 11.0. The molecule has 2 aromatic carbocycles. The summed E-state index contributed by atoms with van der Waals surface area (Å²) in [5.41, 5.74) is 1.34. The Morgan fingerprint density at radius 2 is 1.36 bits per heavy atom. The third-order valence-corrected chi connectivity index (χ3v) is 5.54. The highest BCUT2D eigenvalue weighted by molar-refractivity contribution is 7.92. The number of rotatable bonds is 8. The molecular weight excluding hydrogens is 342 g/mol. The van der Waals surface area contributed by atoms with Gasteiger partial charge in [0.1, 0.15) is 17.2 Å². The first kappa shape index (κ1) is 18.9. The van der Waals surface area contributed by atoms with Gasteiger partial charge in [0.05, 0.1) is 39.3 Å². The molecule has 2 aromatic rings. The Morgan fingerprint density at radius 1 is 0.840 bits per heavy atom. The molecule has 2 rings (SSSR count). The van der Waals surface area contributed by atoms with Crippen LogP contribution in [0, 0.1) is 0 Å². The van der Waals surface area contributed by atoms with Crippen LogP contribution in [-0.4, -0.2) is 35.5 Å². The molecular formula is C18H23NO5S. The highest BCUT2D eigenvalue weighted by atomic mass is 32.2. The summed E-state index contributed by atoms with van der Waals surface area (Å²) in [5, 5.41) is 0. The van der Waals surface area contributed by atoms with Gasteiger partial charge in [-0.05, 0) is 48.9 Å². The molecule has 0 aliphatic rings. The van der Waals surface area contributed by atoms with Crippen LogP contribution >= 0.6 is 0 Å². The van der Waals surface area contributed by atoms with Crippen molar-refractivity contribution in [1.29, 1.82) is 0 Å². The van der Waals surface area contributed by atoms with Gasteiger partial charge >= 0.3 is 0 Å². The number of nitrogens with zero attached hydrogens (tertiary/aromatic N) is 1. The van der Waals surface area contributed by atoms with E-state index in [1.165, 1.54) is 4.31 Å². The van der Waals surface area contributed by atoms with E-state index >= 15 is 0 Å². The average molecular weight is 365 g/mol. The van der Waals surface area contributed by atoms with Gasteiger partial charge in [-0.1, -0.05) is 0 Å². The number of ether oxygens (including phenoxy) is 3. The van der Waals surface area contributed by atoms with Crippen LogP contribution in [0.5, 0.6) is 17.2 Å². The quantitative estimate of drug-likeness (QED) is 0.719. The first-order valence-electron chi connectivity index (χ1n) is 7.80. The van der Waals surface area contributed by atoms with Crippen molar-refractivity contribution in [2.75, 3.05) is 31.4 Å². The molecule has 0 spiro atoms. The topological polar surface area (TPSA) is 65.1 Å². The van der Waals surface area contributed by atoms with E-state index in [-0.39, 0.29) is 12.3 Å². The van der Waals surface area contributed by atoms with E-state index in [1.807, 2.05) is 0 Å². The second kappa shape index (κ2) is 8.11. The lowest BCUT2D eigenvalue weighted by atomic mass is 10.2. The predicted octanol–water partition coefficient (Wildman–Crippen LogP) is 3.07. The Bertz CT molecular complexity index is 780. The number of hydrogen-bond acceptors (Lipinski definition) is 5. The van der Waals surface area contributed by atoms with Crippen molar-refractivity contribution in [3.05, 3.63) is 48.0 Å². The minimum absolute atomic E-state index is 0.000132. The summed E-state index contributed by atoms with van der Waals surface area (Å²) in [6, 6.07) is 12.3. The zero-order chi connectivity index (χ0) is 18.4. The van der Waals surface area contributed by atoms with Gasteiger partial charge in [-0.2, -0.15) is 0 Å². The maximum absolute atomic E-state index is 12.6. The fraction of sp³-hybridized carbons (Fsp3) is 0.333. The van der Waals surface area contributed by atoms with Gasteiger partial charge in [0, 0.05) is 6.07 Å². The Kier molecular flexibility index (Phi) is 6.14.